The number of hydrogen-bond acceptors (Lipinski definition) is 1. The van der Waals surface area contributed by atoms with Gasteiger partial charge in [-0.1, -0.05) is 11.6 Å². The maximum absolute atomic E-state index is 9.47. The van der Waals surface area contributed by atoms with E-state index in [2.05, 4.69) is 13.0 Å². The highest BCUT2D eigenvalue weighted by molar-refractivity contribution is 5.09. The second-order valence-electron chi connectivity index (χ2n) is 4.20. The third-order valence-electron chi connectivity index (χ3n) is 2.95. The van der Waals surface area contributed by atoms with Crippen molar-refractivity contribution in [2.75, 3.05) is 0 Å². The maximum atomic E-state index is 9.47. The monoisotopic (exact) mass is 152 g/mol. The molecule has 0 aromatic rings. The predicted octanol–water partition coefficient (Wildman–Crippen LogP) is 2.11. The number of fused-ring (bicyclic) bond motifs is 2. The van der Waals surface area contributed by atoms with E-state index in [9.17, 15) is 5.11 Å². The van der Waals surface area contributed by atoms with Crippen LogP contribution in [0.3, 0.4) is 0 Å². The van der Waals surface area contributed by atoms with Gasteiger partial charge in [-0.2, -0.15) is 0 Å². The zero-order valence-corrected chi connectivity index (χ0v) is 7.09. The molecule has 2 aliphatic carbocycles. The van der Waals surface area contributed by atoms with E-state index in [0.717, 1.165) is 18.8 Å². The van der Waals surface area contributed by atoms with E-state index in [1.807, 2.05) is 0 Å². The van der Waals surface area contributed by atoms with Crippen molar-refractivity contribution in [3.63, 3.8) is 0 Å². The number of aliphatic hydroxyl groups excluding tert-OH is 1. The van der Waals surface area contributed by atoms with Gasteiger partial charge in [-0.25, -0.2) is 0 Å². The van der Waals surface area contributed by atoms with Crippen molar-refractivity contribution in [3.8, 4) is 0 Å². The first-order valence-corrected chi connectivity index (χ1v) is 4.59. The van der Waals surface area contributed by atoms with Crippen LogP contribution < -0.4 is 0 Å². The second kappa shape index (κ2) is 2.63. The summed E-state index contributed by atoms with van der Waals surface area (Å²) in [6.07, 6.45) is 6.96. The van der Waals surface area contributed by atoms with Gasteiger partial charge in [0, 0.05) is 0 Å². The van der Waals surface area contributed by atoms with Gasteiger partial charge in [0.15, 0.2) is 0 Å². The van der Waals surface area contributed by atoms with E-state index >= 15 is 0 Å². The maximum Gasteiger partial charge on any atom is 0.0548 e. The topological polar surface area (TPSA) is 20.2 Å². The lowest BCUT2D eigenvalue weighted by Gasteiger charge is -2.35. The van der Waals surface area contributed by atoms with Gasteiger partial charge in [0.25, 0.3) is 0 Å². The summed E-state index contributed by atoms with van der Waals surface area (Å²) in [5.74, 6) is 1.48. The van der Waals surface area contributed by atoms with E-state index in [-0.39, 0.29) is 6.10 Å². The fraction of sp³-hybridized carbons (Fsp3) is 0.800. The summed E-state index contributed by atoms with van der Waals surface area (Å²) in [4.78, 5) is 0. The van der Waals surface area contributed by atoms with E-state index in [4.69, 9.17) is 0 Å². The SMILES string of the molecule is CC1=CC2CC(O)CC(C1)C2. The van der Waals surface area contributed by atoms with Crippen LogP contribution in [0.15, 0.2) is 11.6 Å². The van der Waals surface area contributed by atoms with E-state index in [0.29, 0.717) is 5.92 Å². The third-order valence-corrected chi connectivity index (χ3v) is 2.95. The molecule has 0 aromatic heterocycles. The average molecular weight is 152 g/mol. The highest BCUT2D eigenvalue weighted by Gasteiger charge is 2.29. The Morgan fingerprint density at radius 1 is 1.36 bits per heavy atom. The molecule has 0 amide bonds. The van der Waals surface area contributed by atoms with Crippen molar-refractivity contribution < 1.29 is 5.11 Å². The molecule has 1 N–H and O–H groups in total. The van der Waals surface area contributed by atoms with Gasteiger partial charge in [-0.3, -0.25) is 0 Å². The normalized spacial score (nSPS) is 43.5. The molecule has 2 rings (SSSR count). The van der Waals surface area contributed by atoms with Crippen LogP contribution in [0.4, 0.5) is 0 Å². The van der Waals surface area contributed by atoms with Crippen LogP contribution in [0.5, 0.6) is 0 Å². The summed E-state index contributed by atoms with van der Waals surface area (Å²) in [5.41, 5.74) is 1.54. The average Bonchev–Trinajstić information content (AvgIpc) is 1.82. The quantitative estimate of drug-likeness (QED) is 0.527. The van der Waals surface area contributed by atoms with Gasteiger partial charge in [-0.15, -0.1) is 0 Å². The largest absolute Gasteiger partial charge is 0.393 e. The summed E-state index contributed by atoms with van der Waals surface area (Å²) in [6, 6.07) is 0. The lowest BCUT2D eigenvalue weighted by atomic mass is 9.72. The lowest BCUT2D eigenvalue weighted by molar-refractivity contribution is 0.0772. The van der Waals surface area contributed by atoms with Crippen LogP contribution in [0.2, 0.25) is 0 Å². The Balaban J connectivity index is 2.13. The van der Waals surface area contributed by atoms with Crippen LogP contribution in [0, 0.1) is 11.8 Å². The molecule has 2 aliphatic rings. The molecule has 0 aromatic carbocycles. The Morgan fingerprint density at radius 3 is 2.91 bits per heavy atom. The standard InChI is InChI=1S/C10H16O/c1-7-2-8-4-9(3-7)6-10(11)5-8/h2,8-11H,3-6H2,1H3. The molecule has 62 valence electrons. The molecule has 1 saturated carbocycles. The molecule has 0 spiro atoms. The van der Waals surface area contributed by atoms with Crippen molar-refractivity contribution in [2.45, 2.75) is 38.7 Å². The minimum absolute atomic E-state index is 0.0110. The van der Waals surface area contributed by atoms with E-state index < -0.39 is 0 Å². The third kappa shape index (κ3) is 1.48. The molecular formula is C10H16O. The molecule has 0 heterocycles. The van der Waals surface area contributed by atoms with Crippen LogP contribution in [-0.4, -0.2) is 11.2 Å². The zero-order chi connectivity index (χ0) is 7.84. The molecule has 0 saturated heterocycles. The molecule has 1 fully saturated rings. The number of hydrogen-bond donors (Lipinski definition) is 1. The van der Waals surface area contributed by atoms with Gasteiger partial charge < -0.3 is 5.11 Å². The molecule has 2 bridgehead atoms. The highest BCUT2D eigenvalue weighted by Crippen LogP contribution is 2.38. The van der Waals surface area contributed by atoms with Gasteiger partial charge in [0.05, 0.1) is 6.10 Å². The van der Waals surface area contributed by atoms with Crippen molar-refractivity contribution >= 4 is 0 Å². The molecule has 1 nitrogen and oxygen atoms in total. The first kappa shape index (κ1) is 7.35. The number of allylic oxidation sites excluding steroid dienone is 2. The smallest absolute Gasteiger partial charge is 0.0548 e. The molecule has 0 aliphatic heterocycles. The van der Waals surface area contributed by atoms with Gasteiger partial charge in [-0.05, 0) is 44.4 Å². The first-order chi connectivity index (χ1) is 5.24. The summed E-state index contributed by atoms with van der Waals surface area (Å²) < 4.78 is 0. The van der Waals surface area contributed by atoms with E-state index in [1.54, 1.807) is 0 Å². The minimum Gasteiger partial charge on any atom is -0.393 e. The predicted molar refractivity (Wildman–Crippen MR) is 45.2 cm³/mol. The Labute approximate surface area is 68.1 Å². The number of rotatable bonds is 0. The summed E-state index contributed by atoms with van der Waals surface area (Å²) in [7, 11) is 0. The van der Waals surface area contributed by atoms with Crippen LogP contribution in [-0.2, 0) is 0 Å². The highest BCUT2D eigenvalue weighted by atomic mass is 16.3. The summed E-state index contributed by atoms with van der Waals surface area (Å²) >= 11 is 0. The minimum atomic E-state index is -0.0110. The molecule has 3 atom stereocenters. The van der Waals surface area contributed by atoms with Crippen molar-refractivity contribution in [1.29, 1.82) is 0 Å². The summed E-state index contributed by atoms with van der Waals surface area (Å²) in [5, 5.41) is 9.47. The Morgan fingerprint density at radius 2 is 2.18 bits per heavy atom. The van der Waals surface area contributed by atoms with Crippen molar-refractivity contribution in [1.82, 2.24) is 0 Å². The van der Waals surface area contributed by atoms with Crippen LogP contribution in [0.25, 0.3) is 0 Å². The van der Waals surface area contributed by atoms with Crippen molar-refractivity contribution in [3.05, 3.63) is 11.6 Å². The summed E-state index contributed by atoms with van der Waals surface area (Å²) in [6.45, 7) is 2.22. The van der Waals surface area contributed by atoms with Crippen LogP contribution >= 0.6 is 0 Å². The Kier molecular flexibility index (Phi) is 1.76. The van der Waals surface area contributed by atoms with Gasteiger partial charge in [0.1, 0.15) is 0 Å². The molecule has 0 radical (unpaired) electrons. The number of aliphatic hydroxyl groups is 1. The second-order valence-corrected chi connectivity index (χ2v) is 4.20. The zero-order valence-electron chi connectivity index (χ0n) is 7.09. The lowest BCUT2D eigenvalue weighted by Crippen LogP contribution is -2.28. The molecular weight excluding hydrogens is 136 g/mol. The fourth-order valence-corrected chi connectivity index (χ4v) is 2.68. The molecule has 1 heteroatoms. The molecule has 11 heavy (non-hydrogen) atoms. The van der Waals surface area contributed by atoms with Gasteiger partial charge >= 0.3 is 0 Å². The Hall–Kier alpha value is -0.300. The van der Waals surface area contributed by atoms with Crippen molar-refractivity contribution in [2.24, 2.45) is 11.8 Å². The van der Waals surface area contributed by atoms with Crippen LogP contribution in [0.1, 0.15) is 32.6 Å². The van der Waals surface area contributed by atoms with E-state index in [1.165, 1.54) is 18.4 Å². The molecule has 3 unspecified atom stereocenters. The Bertz CT molecular complexity index is 183. The fourth-order valence-electron chi connectivity index (χ4n) is 2.68. The van der Waals surface area contributed by atoms with Gasteiger partial charge in [0.2, 0.25) is 0 Å². The first-order valence-electron chi connectivity index (χ1n) is 4.59.